The van der Waals surface area contributed by atoms with E-state index in [2.05, 4.69) is 205 Å². The summed E-state index contributed by atoms with van der Waals surface area (Å²) in [7, 11) is 0. The second-order valence-electron chi connectivity index (χ2n) is 14.5. The lowest BCUT2D eigenvalue weighted by Gasteiger charge is -2.28. The first kappa shape index (κ1) is 33.1. The van der Waals surface area contributed by atoms with Crippen LogP contribution in [0.2, 0.25) is 0 Å². The summed E-state index contributed by atoms with van der Waals surface area (Å²) in [5.74, 6) is 0. The van der Waals surface area contributed by atoms with E-state index in [9.17, 15) is 0 Å². The number of hydrogen-bond acceptors (Lipinski definition) is 2. The molecule has 3 heteroatoms. The number of nitrogens with zero attached hydrogens (tertiary/aromatic N) is 3. The maximum absolute atomic E-state index is 4.33. The number of para-hydroxylation sites is 2. The van der Waals surface area contributed by atoms with Gasteiger partial charge in [0.1, 0.15) is 0 Å². The van der Waals surface area contributed by atoms with Crippen LogP contribution >= 0.6 is 0 Å². The van der Waals surface area contributed by atoms with Crippen LogP contribution in [0.25, 0.3) is 55.3 Å². The number of anilines is 3. The Bertz CT molecular complexity index is 2760. The standard InChI is InChI=1S/C51H41N3/c1-5-35(34-52-6-2)37-15-14-18-41(31-37)53(42-28-29-44-43-19-10-12-21-47(43)51(3,4)48(44)33-42)40-26-23-36(24-27-40)38-25-30-50-46(32-38)45-20-11-13-22-49(45)54(50)39-16-8-7-9-17-39/h5-34H,2H2,1,3-4H3/b35-5+,52-34?. The highest BCUT2D eigenvalue weighted by Gasteiger charge is 2.35. The summed E-state index contributed by atoms with van der Waals surface area (Å²) >= 11 is 0. The molecule has 0 unspecified atom stereocenters. The van der Waals surface area contributed by atoms with Crippen LogP contribution in [-0.2, 0) is 5.41 Å². The molecule has 54 heavy (non-hydrogen) atoms. The summed E-state index contributed by atoms with van der Waals surface area (Å²) in [6, 6.07) is 59.7. The predicted octanol–water partition coefficient (Wildman–Crippen LogP) is 13.8. The van der Waals surface area contributed by atoms with E-state index in [1.165, 1.54) is 60.9 Å². The van der Waals surface area contributed by atoms with Crippen LogP contribution in [0.5, 0.6) is 0 Å². The molecule has 0 saturated heterocycles. The van der Waals surface area contributed by atoms with Crippen LogP contribution in [0.4, 0.5) is 17.1 Å². The Kier molecular flexibility index (Phi) is 8.20. The molecule has 1 aliphatic rings. The van der Waals surface area contributed by atoms with Gasteiger partial charge in [0, 0.05) is 51.4 Å². The summed E-state index contributed by atoms with van der Waals surface area (Å²) < 4.78 is 2.36. The Morgan fingerprint density at radius 1 is 0.593 bits per heavy atom. The average molecular weight is 696 g/mol. The Morgan fingerprint density at radius 3 is 2.09 bits per heavy atom. The van der Waals surface area contributed by atoms with E-state index < -0.39 is 0 Å². The molecule has 0 bridgehead atoms. The number of hydrogen-bond donors (Lipinski definition) is 0. The first-order valence-corrected chi connectivity index (χ1v) is 18.6. The van der Waals surface area contributed by atoms with Crippen LogP contribution in [0.15, 0.2) is 188 Å². The molecule has 1 aliphatic carbocycles. The fraction of sp³-hybridized carbons (Fsp3) is 0.0784. The Balaban J connectivity index is 1.16. The van der Waals surface area contributed by atoms with Gasteiger partial charge in [0.05, 0.1) is 11.0 Å². The Morgan fingerprint density at radius 2 is 1.28 bits per heavy atom. The van der Waals surface area contributed by atoms with Gasteiger partial charge in [-0.3, -0.25) is 4.99 Å². The van der Waals surface area contributed by atoms with Gasteiger partial charge < -0.3 is 9.47 Å². The molecule has 0 aliphatic heterocycles. The number of benzene rings is 7. The van der Waals surface area contributed by atoms with Gasteiger partial charge in [-0.2, -0.15) is 0 Å². The largest absolute Gasteiger partial charge is 0.310 e. The van der Waals surface area contributed by atoms with E-state index in [1.807, 2.05) is 13.1 Å². The van der Waals surface area contributed by atoms with E-state index in [-0.39, 0.29) is 5.41 Å². The lowest BCUT2D eigenvalue weighted by molar-refractivity contribution is 0.660. The van der Waals surface area contributed by atoms with Crippen LogP contribution in [0, 0.1) is 0 Å². The van der Waals surface area contributed by atoms with E-state index >= 15 is 0 Å². The number of rotatable bonds is 8. The maximum atomic E-state index is 4.33. The van der Waals surface area contributed by atoms with Gasteiger partial charge in [-0.05, 0) is 118 Å². The molecule has 0 atom stereocenters. The highest BCUT2D eigenvalue weighted by atomic mass is 15.1. The third kappa shape index (κ3) is 5.48. The fourth-order valence-corrected chi connectivity index (χ4v) is 8.36. The zero-order valence-corrected chi connectivity index (χ0v) is 30.9. The summed E-state index contributed by atoms with van der Waals surface area (Å²) in [6.07, 6.45) is 5.54. The van der Waals surface area contributed by atoms with Gasteiger partial charge in [0.15, 0.2) is 0 Å². The minimum absolute atomic E-state index is 0.110. The zero-order chi connectivity index (χ0) is 36.8. The van der Waals surface area contributed by atoms with Gasteiger partial charge >= 0.3 is 0 Å². The van der Waals surface area contributed by atoms with Gasteiger partial charge in [-0.1, -0.05) is 124 Å². The molecule has 0 fully saturated rings. The van der Waals surface area contributed by atoms with Crippen molar-refractivity contribution in [2.24, 2.45) is 4.99 Å². The summed E-state index contributed by atoms with van der Waals surface area (Å²) in [5, 5.41) is 2.50. The van der Waals surface area contributed by atoms with E-state index in [1.54, 1.807) is 6.20 Å². The summed E-state index contributed by atoms with van der Waals surface area (Å²) in [4.78, 5) is 6.71. The molecule has 3 nitrogen and oxygen atoms in total. The van der Waals surface area contributed by atoms with Crippen molar-refractivity contribution in [1.82, 2.24) is 4.57 Å². The average Bonchev–Trinajstić information content (AvgIpc) is 3.67. The van der Waals surface area contributed by atoms with Crippen molar-refractivity contribution < 1.29 is 0 Å². The van der Waals surface area contributed by atoms with E-state index in [0.29, 0.717) is 0 Å². The molecule has 260 valence electrons. The van der Waals surface area contributed by atoms with Crippen LogP contribution in [-0.4, -0.2) is 10.8 Å². The van der Waals surface area contributed by atoms with Crippen molar-refractivity contribution in [3.63, 3.8) is 0 Å². The minimum atomic E-state index is -0.110. The van der Waals surface area contributed by atoms with Gasteiger partial charge in [-0.15, -0.1) is 0 Å². The third-order valence-electron chi connectivity index (χ3n) is 11.0. The predicted molar refractivity (Wildman–Crippen MR) is 231 cm³/mol. The molecule has 0 saturated carbocycles. The van der Waals surface area contributed by atoms with Crippen molar-refractivity contribution in [3.8, 4) is 27.9 Å². The normalized spacial score (nSPS) is 13.4. The van der Waals surface area contributed by atoms with Crippen molar-refractivity contribution in [3.05, 3.63) is 199 Å². The third-order valence-corrected chi connectivity index (χ3v) is 11.0. The lowest BCUT2D eigenvalue weighted by atomic mass is 9.82. The molecule has 0 N–H and O–H groups in total. The highest BCUT2D eigenvalue weighted by Crippen LogP contribution is 2.50. The topological polar surface area (TPSA) is 20.5 Å². The van der Waals surface area contributed by atoms with Crippen LogP contribution < -0.4 is 4.90 Å². The summed E-state index contributed by atoms with van der Waals surface area (Å²) in [5.41, 5.74) is 16.6. The second-order valence-corrected chi connectivity index (χ2v) is 14.5. The van der Waals surface area contributed by atoms with Crippen LogP contribution in [0.1, 0.15) is 37.5 Å². The van der Waals surface area contributed by atoms with Gasteiger partial charge in [0.25, 0.3) is 0 Å². The van der Waals surface area contributed by atoms with Crippen molar-refractivity contribution >= 4 is 50.7 Å². The number of aliphatic imine (C=N–C) groups is 1. The molecular weight excluding hydrogens is 655 g/mol. The van der Waals surface area contributed by atoms with E-state index in [4.69, 9.17) is 0 Å². The Labute approximate surface area is 317 Å². The molecule has 0 radical (unpaired) electrons. The SMILES string of the molecule is C=CN=C/C(=C\C)c1cccc(N(c2ccc(-c3ccc4c(c3)c3ccccc3n4-c3ccccc3)cc2)c2ccc3c(c2)C(C)(C)c2ccccc2-3)c1. The van der Waals surface area contributed by atoms with Crippen molar-refractivity contribution in [1.29, 1.82) is 0 Å². The molecule has 1 aromatic heterocycles. The van der Waals surface area contributed by atoms with E-state index in [0.717, 1.165) is 28.2 Å². The molecule has 0 spiro atoms. The molecule has 8 aromatic rings. The molecule has 7 aromatic carbocycles. The minimum Gasteiger partial charge on any atom is -0.310 e. The molecule has 0 amide bonds. The zero-order valence-electron chi connectivity index (χ0n) is 30.9. The smallest absolute Gasteiger partial charge is 0.0541 e. The van der Waals surface area contributed by atoms with Crippen molar-refractivity contribution in [2.45, 2.75) is 26.2 Å². The monoisotopic (exact) mass is 695 g/mol. The first-order chi connectivity index (χ1) is 26.5. The number of aromatic nitrogens is 1. The maximum Gasteiger partial charge on any atom is 0.0541 e. The van der Waals surface area contributed by atoms with Gasteiger partial charge in [0.2, 0.25) is 0 Å². The second kappa shape index (κ2) is 13.4. The quantitative estimate of drug-likeness (QED) is 0.145. The molecule has 9 rings (SSSR count). The lowest BCUT2D eigenvalue weighted by Crippen LogP contribution is -2.16. The highest BCUT2D eigenvalue weighted by molar-refractivity contribution is 6.11. The van der Waals surface area contributed by atoms with Gasteiger partial charge in [-0.25, -0.2) is 0 Å². The fourth-order valence-electron chi connectivity index (χ4n) is 8.36. The summed E-state index contributed by atoms with van der Waals surface area (Å²) in [6.45, 7) is 10.5. The molecular formula is C51H41N3. The Hall–Kier alpha value is -6.71. The molecule has 1 heterocycles. The number of fused-ring (bicyclic) bond motifs is 6. The number of allylic oxidation sites excluding steroid dienone is 2. The van der Waals surface area contributed by atoms with Crippen molar-refractivity contribution in [2.75, 3.05) is 4.90 Å². The van der Waals surface area contributed by atoms with Crippen LogP contribution in [0.3, 0.4) is 0 Å². The first-order valence-electron chi connectivity index (χ1n) is 18.6.